The Hall–Kier alpha value is -5.92. The minimum atomic E-state index is -1.86. The predicted molar refractivity (Wildman–Crippen MR) is 275 cm³/mol. The molecular weight excluding hydrogens is 1050 g/mol. The van der Waals surface area contributed by atoms with Gasteiger partial charge >= 0.3 is 126 Å². The van der Waals surface area contributed by atoms with E-state index in [2.05, 4.69) is 178 Å². The second-order valence-corrected chi connectivity index (χ2v) is 30.1. The molecule has 0 saturated carbocycles. The SMILES string of the molecule is CC(C)Cc1cc(-c2[c-]cccc2)nc[c]1[Ge]([CH3])([CH3])[CH3].Cc1ccc2oc3c(-c4nc5ccccc5n4-c4c(-c5ccccc5)cc(C(C)(C)C)cc4-c4ccccc4)[c-]ccc3c2n1.[Ir]. The fraction of sp³-hybridized carbons (Fsp3) is 0.203. The van der Waals surface area contributed by atoms with Crippen molar-refractivity contribution in [1.29, 1.82) is 0 Å². The van der Waals surface area contributed by atoms with Gasteiger partial charge in [-0.25, -0.2) is 0 Å². The maximum absolute atomic E-state index is 6.53. The predicted octanol–water partition coefficient (Wildman–Crippen LogP) is 15.0. The Balaban J connectivity index is 0.000000238. The van der Waals surface area contributed by atoms with E-state index >= 15 is 0 Å². The zero-order valence-corrected chi connectivity index (χ0v) is 43.8. The summed E-state index contributed by atoms with van der Waals surface area (Å²) in [6, 6.07) is 59.5. The number of aromatic nitrogens is 4. The monoisotopic (exact) mass is 1100 g/mol. The molecule has 4 heterocycles. The Labute approximate surface area is 406 Å². The van der Waals surface area contributed by atoms with Crippen LogP contribution >= 0.6 is 0 Å². The van der Waals surface area contributed by atoms with Crippen molar-refractivity contribution < 1.29 is 24.5 Å². The number of rotatable bonds is 8. The van der Waals surface area contributed by atoms with E-state index in [1.807, 2.05) is 55.5 Å². The average molecular weight is 1100 g/mol. The van der Waals surface area contributed by atoms with Gasteiger partial charge in [-0.2, -0.15) is 0 Å². The molecule has 0 atom stereocenters. The second kappa shape index (κ2) is 19.1. The van der Waals surface area contributed by atoms with Gasteiger partial charge in [0.25, 0.3) is 0 Å². The van der Waals surface area contributed by atoms with E-state index in [9.17, 15) is 0 Å². The van der Waals surface area contributed by atoms with Crippen LogP contribution in [-0.2, 0) is 31.9 Å². The van der Waals surface area contributed by atoms with Crippen molar-refractivity contribution in [1.82, 2.24) is 19.5 Å². The van der Waals surface area contributed by atoms with Crippen molar-refractivity contribution in [2.45, 2.75) is 70.6 Å². The standard InChI is InChI=1S/C41H32N3O.C18H24GeN.Ir/c1-26-22-23-36-37(42-26)30-18-13-19-31(39(30)45-36)40-43-34-20-11-12-21-35(34)44(40)38-32(27-14-7-5-8-15-27)24-29(41(2,3)4)25-33(38)28-16-9-6-10-17-28;1-14(2)11-16-12-18(15-9-7-6-8-10-15)20-13-17(16)19(3,4)5;/h5-18,20-25H,1-4H3;6-9,12-14H,11H2,1-5H3;/q2*-1;. The molecule has 0 aliphatic heterocycles. The third kappa shape index (κ3) is 9.51. The van der Waals surface area contributed by atoms with E-state index in [0.29, 0.717) is 5.92 Å². The van der Waals surface area contributed by atoms with Crippen molar-refractivity contribution in [3.05, 3.63) is 187 Å². The number of furan rings is 1. The molecule has 0 N–H and O–H groups in total. The number of benzene rings is 6. The molecule has 0 bridgehead atoms. The summed E-state index contributed by atoms with van der Waals surface area (Å²) in [5.41, 5.74) is 16.5. The van der Waals surface area contributed by atoms with Crippen LogP contribution in [0.25, 0.3) is 83.7 Å². The van der Waals surface area contributed by atoms with Gasteiger partial charge in [-0.05, 0) is 70.8 Å². The zero-order valence-electron chi connectivity index (χ0n) is 39.3. The van der Waals surface area contributed by atoms with Gasteiger partial charge in [0.1, 0.15) is 5.58 Å². The largest absolute Gasteiger partial charge is 0.499 e. The fourth-order valence-electron chi connectivity index (χ4n) is 8.76. The number of para-hydroxylation sites is 2. The summed E-state index contributed by atoms with van der Waals surface area (Å²) in [6.07, 6.45) is 3.27. The summed E-state index contributed by atoms with van der Waals surface area (Å²) in [5.74, 6) is 8.77. The van der Waals surface area contributed by atoms with Crippen molar-refractivity contribution in [2.75, 3.05) is 0 Å². The molecule has 0 fully saturated rings. The van der Waals surface area contributed by atoms with Crippen LogP contribution in [0, 0.1) is 25.0 Å². The van der Waals surface area contributed by atoms with E-state index in [4.69, 9.17) is 19.4 Å². The quantitative estimate of drug-likeness (QED) is 0.112. The Morgan fingerprint density at radius 1 is 0.712 bits per heavy atom. The van der Waals surface area contributed by atoms with Gasteiger partial charge in [0.2, 0.25) is 0 Å². The molecule has 0 aliphatic rings. The Morgan fingerprint density at radius 3 is 1.98 bits per heavy atom. The van der Waals surface area contributed by atoms with Crippen LogP contribution < -0.4 is 4.40 Å². The van der Waals surface area contributed by atoms with Crippen LogP contribution in [0.15, 0.2) is 162 Å². The molecule has 4 aromatic heterocycles. The molecule has 333 valence electrons. The maximum Gasteiger partial charge on any atom is 0.139 e. The molecule has 0 saturated heterocycles. The molecule has 0 amide bonds. The fourth-order valence-corrected chi connectivity index (χ4v) is 12.1. The summed E-state index contributed by atoms with van der Waals surface area (Å²) in [4.78, 5) is 14.8. The summed E-state index contributed by atoms with van der Waals surface area (Å²) in [7, 11) is 0. The second-order valence-electron chi connectivity index (χ2n) is 19.5. The van der Waals surface area contributed by atoms with Gasteiger partial charge in [0.15, 0.2) is 0 Å². The first-order chi connectivity index (χ1) is 31.2. The molecule has 0 spiro atoms. The third-order valence-corrected chi connectivity index (χ3v) is 16.3. The number of fused-ring (bicyclic) bond motifs is 4. The molecule has 1 radical (unpaired) electrons. The number of hydrogen-bond donors (Lipinski definition) is 0. The normalized spacial score (nSPS) is 11.8. The number of imidazole rings is 1. The molecule has 7 heteroatoms. The molecule has 10 rings (SSSR count). The van der Waals surface area contributed by atoms with Crippen LogP contribution in [0.5, 0.6) is 0 Å². The number of nitrogens with zero attached hydrogens (tertiary/aromatic N) is 4. The first-order valence-corrected chi connectivity index (χ1v) is 30.0. The first-order valence-electron chi connectivity index (χ1n) is 22.7. The third-order valence-electron chi connectivity index (χ3n) is 12.0. The minimum Gasteiger partial charge on any atom is -0.499 e. The minimum absolute atomic E-state index is 0. The van der Waals surface area contributed by atoms with Gasteiger partial charge < -0.3 is 8.98 Å². The summed E-state index contributed by atoms with van der Waals surface area (Å²) < 4.78 is 10.4. The Kier molecular flexibility index (Phi) is 13.5. The maximum atomic E-state index is 6.53. The number of pyridine rings is 2. The summed E-state index contributed by atoms with van der Waals surface area (Å²) >= 11 is -1.86. The van der Waals surface area contributed by atoms with Crippen molar-refractivity contribution in [3.63, 3.8) is 0 Å². The Bertz CT molecular complexity index is 3230. The van der Waals surface area contributed by atoms with E-state index in [1.54, 1.807) is 4.40 Å². The van der Waals surface area contributed by atoms with E-state index in [-0.39, 0.29) is 25.5 Å². The van der Waals surface area contributed by atoms with Gasteiger partial charge in [-0.15, -0.1) is 18.2 Å². The molecule has 5 nitrogen and oxygen atoms in total. The molecule has 66 heavy (non-hydrogen) atoms. The summed E-state index contributed by atoms with van der Waals surface area (Å²) in [5, 5.41) is 0.954. The van der Waals surface area contributed by atoms with Gasteiger partial charge in [0, 0.05) is 36.9 Å². The van der Waals surface area contributed by atoms with Crippen LogP contribution in [0.1, 0.15) is 51.4 Å². The van der Waals surface area contributed by atoms with Gasteiger partial charge in [-0.3, -0.25) is 9.97 Å². The van der Waals surface area contributed by atoms with Crippen LogP contribution in [0.2, 0.25) is 17.3 Å². The van der Waals surface area contributed by atoms with Gasteiger partial charge in [0.05, 0.1) is 33.6 Å². The van der Waals surface area contributed by atoms with Crippen LogP contribution in [0.3, 0.4) is 0 Å². The van der Waals surface area contributed by atoms with Crippen LogP contribution in [0.4, 0.5) is 0 Å². The van der Waals surface area contributed by atoms with Gasteiger partial charge in [-0.1, -0.05) is 99.1 Å². The molecule has 0 aliphatic carbocycles. The first kappa shape index (κ1) is 46.6. The molecule has 10 aromatic rings. The summed E-state index contributed by atoms with van der Waals surface area (Å²) in [6.45, 7) is 13.4. The number of hydrogen-bond acceptors (Lipinski definition) is 4. The Morgan fingerprint density at radius 2 is 1.36 bits per heavy atom. The molecule has 6 aromatic carbocycles. The number of aryl methyl sites for hydroxylation is 1. The van der Waals surface area contributed by atoms with E-state index < -0.39 is 13.3 Å². The van der Waals surface area contributed by atoms with E-state index in [1.165, 1.54) is 11.1 Å². The zero-order chi connectivity index (χ0) is 45.5. The molecule has 0 unspecified atom stereocenters. The topological polar surface area (TPSA) is 56.7 Å². The molecular formula is C59H56GeIrN4O-2. The van der Waals surface area contributed by atoms with Crippen molar-refractivity contribution in [2.24, 2.45) is 5.92 Å². The van der Waals surface area contributed by atoms with E-state index in [0.717, 1.165) is 95.8 Å². The van der Waals surface area contributed by atoms with Crippen LogP contribution in [-0.4, -0.2) is 32.8 Å². The van der Waals surface area contributed by atoms with Crippen molar-refractivity contribution in [3.8, 4) is 50.6 Å². The average Bonchev–Trinajstić information content (AvgIpc) is 3.87. The smallest absolute Gasteiger partial charge is 0.139 e. The van der Waals surface area contributed by atoms with Crippen molar-refractivity contribution >= 4 is 50.8 Å².